The quantitative estimate of drug-likeness (QED) is 0.223. The van der Waals surface area contributed by atoms with Crippen molar-refractivity contribution in [1.82, 2.24) is 20.4 Å². The van der Waals surface area contributed by atoms with Gasteiger partial charge in [0.15, 0.2) is 5.96 Å². The molecule has 0 saturated carbocycles. The van der Waals surface area contributed by atoms with Crippen molar-refractivity contribution in [2.75, 3.05) is 33.2 Å². The molecule has 0 atom stereocenters. The van der Waals surface area contributed by atoms with Gasteiger partial charge < -0.3 is 10.6 Å². The number of aliphatic imine (C=N–C) groups is 1. The molecule has 1 aliphatic rings. The molecule has 0 bridgehead atoms. The lowest BCUT2D eigenvalue weighted by molar-refractivity contribution is 0.173. The van der Waals surface area contributed by atoms with Gasteiger partial charge in [0.1, 0.15) is 0 Å². The van der Waals surface area contributed by atoms with Crippen molar-refractivity contribution in [2.24, 2.45) is 4.99 Å². The molecule has 1 saturated heterocycles. The van der Waals surface area contributed by atoms with Crippen molar-refractivity contribution in [3.8, 4) is 0 Å². The highest BCUT2D eigenvalue weighted by Crippen LogP contribution is 2.15. The third-order valence-electron chi connectivity index (χ3n) is 5.35. The van der Waals surface area contributed by atoms with E-state index < -0.39 is 0 Å². The highest BCUT2D eigenvalue weighted by atomic mass is 127. The number of thiophene rings is 1. The average Bonchev–Trinajstić information content (AvgIpc) is 3.14. The van der Waals surface area contributed by atoms with Crippen LogP contribution < -0.4 is 10.6 Å². The van der Waals surface area contributed by atoms with Crippen LogP contribution in [-0.4, -0.2) is 67.1 Å². The molecule has 0 spiro atoms. The number of hydrogen-bond donors (Lipinski definition) is 2. The lowest BCUT2D eigenvalue weighted by Gasteiger charge is -2.33. The van der Waals surface area contributed by atoms with E-state index in [4.69, 9.17) is 0 Å². The van der Waals surface area contributed by atoms with Crippen LogP contribution >= 0.6 is 35.3 Å². The van der Waals surface area contributed by atoms with Gasteiger partial charge in [0.25, 0.3) is 0 Å². The van der Waals surface area contributed by atoms with Gasteiger partial charge in [-0.1, -0.05) is 0 Å². The molecule has 1 aromatic rings. The Bertz CT molecular complexity index is 531. The van der Waals surface area contributed by atoms with Gasteiger partial charge in [-0.2, -0.15) is 11.3 Å². The van der Waals surface area contributed by atoms with Crippen LogP contribution in [0.2, 0.25) is 0 Å². The van der Waals surface area contributed by atoms with Crippen LogP contribution in [0.5, 0.6) is 0 Å². The Labute approximate surface area is 193 Å². The Morgan fingerprint density at radius 3 is 2.46 bits per heavy atom. The normalized spacial score (nSPS) is 16.6. The molecule has 2 rings (SSSR count). The summed E-state index contributed by atoms with van der Waals surface area (Å²) in [6.45, 7) is 14.6. The van der Waals surface area contributed by atoms with Crippen LogP contribution in [0, 0.1) is 0 Å². The van der Waals surface area contributed by atoms with E-state index in [1.54, 1.807) is 11.3 Å². The van der Waals surface area contributed by atoms with Crippen LogP contribution in [0.4, 0.5) is 0 Å². The highest BCUT2D eigenvalue weighted by molar-refractivity contribution is 14.0. The average molecular weight is 522 g/mol. The van der Waals surface area contributed by atoms with E-state index in [0.717, 1.165) is 45.1 Å². The second-order valence-electron chi connectivity index (χ2n) is 8.10. The SMILES string of the molecule is CN=C(NCCCN(C(C)C)C(C)C)NC1CCN(Cc2ccsc2)CC1.I. The van der Waals surface area contributed by atoms with E-state index in [9.17, 15) is 0 Å². The van der Waals surface area contributed by atoms with Crippen LogP contribution in [0.15, 0.2) is 21.8 Å². The zero-order valence-electron chi connectivity index (χ0n) is 18.3. The van der Waals surface area contributed by atoms with Gasteiger partial charge in [0.2, 0.25) is 0 Å². The second kappa shape index (κ2) is 13.8. The molecule has 0 aliphatic carbocycles. The fraction of sp³-hybridized carbons (Fsp3) is 0.762. The summed E-state index contributed by atoms with van der Waals surface area (Å²) in [5, 5.41) is 11.5. The number of likely N-dealkylation sites (tertiary alicyclic amines) is 1. The van der Waals surface area contributed by atoms with Crippen molar-refractivity contribution in [3.63, 3.8) is 0 Å². The maximum atomic E-state index is 4.42. The topological polar surface area (TPSA) is 42.9 Å². The minimum absolute atomic E-state index is 0. The van der Waals surface area contributed by atoms with Crippen molar-refractivity contribution >= 4 is 41.3 Å². The largest absolute Gasteiger partial charge is 0.356 e. The molecular formula is C21H40IN5S. The van der Waals surface area contributed by atoms with Gasteiger partial charge in [0, 0.05) is 57.9 Å². The molecule has 0 aromatic carbocycles. The summed E-state index contributed by atoms with van der Waals surface area (Å²) in [6, 6.07) is 3.96. The molecule has 1 fully saturated rings. The second-order valence-corrected chi connectivity index (χ2v) is 8.88. The first-order valence-electron chi connectivity index (χ1n) is 10.5. The summed E-state index contributed by atoms with van der Waals surface area (Å²) in [5.41, 5.74) is 1.45. The number of hydrogen-bond acceptors (Lipinski definition) is 4. The van der Waals surface area contributed by atoms with Crippen LogP contribution in [0.3, 0.4) is 0 Å². The Kier molecular flexibility index (Phi) is 12.6. The molecule has 5 nitrogen and oxygen atoms in total. The summed E-state index contributed by atoms with van der Waals surface area (Å²) in [6.07, 6.45) is 3.49. The molecule has 2 N–H and O–H groups in total. The summed E-state index contributed by atoms with van der Waals surface area (Å²) in [7, 11) is 1.87. The Hall–Kier alpha value is -0.380. The lowest BCUT2D eigenvalue weighted by Crippen LogP contribution is -2.49. The molecular weight excluding hydrogens is 481 g/mol. The van der Waals surface area contributed by atoms with E-state index in [1.807, 2.05) is 7.05 Å². The number of piperidine rings is 1. The molecule has 0 amide bonds. The molecule has 1 aromatic heterocycles. The van der Waals surface area contributed by atoms with E-state index in [-0.39, 0.29) is 24.0 Å². The van der Waals surface area contributed by atoms with Gasteiger partial charge in [-0.25, -0.2) is 0 Å². The first-order valence-corrected chi connectivity index (χ1v) is 11.4. The van der Waals surface area contributed by atoms with E-state index in [1.165, 1.54) is 18.4 Å². The number of guanidine groups is 1. The van der Waals surface area contributed by atoms with Crippen LogP contribution in [0.25, 0.3) is 0 Å². The van der Waals surface area contributed by atoms with Crippen LogP contribution in [0.1, 0.15) is 52.5 Å². The first-order chi connectivity index (χ1) is 13.0. The Balaban J connectivity index is 0.00000392. The molecule has 28 heavy (non-hydrogen) atoms. The number of halogens is 1. The number of nitrogens with zero attached hydrogens (tertiary/aromatic N) is 3. The molecule has 7 heteroatoms. The van der Waals surface area contributed by atoms with E-state index in [0.29, 0.717) is 18.1 Å². The summed E-state index contributed by atoms with van der Waals surface area (Å²) in [4.78, 5) is 9.52. The van der Waals surface area contributed by atoms with Crippen molar-refractivity contribution in [2.45, 2.75) is 71.6 Å². The predicted molar refractivity (Wildman–Crippen MR) is 134 cm³/mol. The summed E-state index contributed by atoms with van der Waals surface area (Å²) in [5.74, 6) is 0.951. The maximum absolute atomic E-state index is 4.42. The molecule has 1 aliphatic heterocycles. The third kappa shape index (κ3) is 8.97. The van der Waals surface area contributed by atoms with E-state index >= 15 is 0 Å². The molecule has 162 valence electrons. The number of rotatable bonds is 9. The van der Waals surface area contributed by atoms with Gasteiger partial charge >= 0.3 is 0 Å². The maximum Gasteiger partial charge on any atom is 0.191 e. The van der Waals surface area contributed by atoms with Crippen LogP contribution in [-0.2, 0) is 6.54 Å². The Morgan fingerprint density at radius 2 is 1.93 bits per heavy atom. The minimum Gasteiger partial charge on any atom is -0.356 e. The summed E-state index contributed by atoms with van der Waals surface area (Å²) >= 11 is 1.79. The number of nitrogens with one attached hydrogen (secondary N) is 2. The van der Waals surface area contributed by atoms with Gasteiger partial charge in [-0.05, 0) is 69.3 Å². The van der Waals surface area contributed by atoms with E-state index in [2.05, 4.69) is 69.9 Å². The van der Waals surface area contributed by atoms with Gasteiger partial charge in [-0.15, -0.1) is 24.0 Å². The monoisotopic (exact) mass is 521 g/mol. The third-order valence-corrected chi connectivity index (χ3v) is 6.08. The molecule has 0 unspecified atom stereocenters. The van der Waals surface area contributed by atoms with Crippen molar-refractivity contribution in [1.29, 1.82) is 0 Å². The smallest absolute Gasteiger partial charge is 0.191 e. The fourth-order valence-corrected chi connectivity index (χ4v) is 4.51. The molecule has 0 radical (unpaired) electrons. The molecule has 2 heterocycles. The Morgan fingerprint density at radius 1 is 1.25 bits per heavy atom. The predicted octanol–water partition coefficient (Wildman–Crippen LogP) is 4.00. The highest BCUT2D eigenvalue weighted by Gasteiger charge is 2.20. The standard InChI is InChI=1S/C21H39N5S.HI/c1-17(2)26(18(3)4)11-6-10-23-21(22-5)24-20-7-12-25(13-8-20)15-19-9-14-27-16-19;/h9,14,16-18,20H,6-8,10-13,15H2,1-5H3,(H2,22,23,24);1H. The zero-order valence-corrected chi connectivity index (χ0v) is 21.4. The fourth-order valence-electron chi connectivity index (χ4n) is 3.85. The van der Waals surface area contributed by atoms with Crippen molar-refractivity contribution in [3.05, 3.63) is 22.4 Å². The minimum atomic E-state index is 0. The zero-order chi connectivity index (χ0) is 19.6. The van der Waals surface area contributed by atoms with Crippen molar-refractivity contribution < 1.29 is 0 Å². The van der Waals surface area contributed by atoms with Gasteiger partial charge in [0.05, 0.1) is 0 Å². The first kappa shape index (κ1) is 25.7. The summed E-state index contributed by atoms with van der Waals surface area (Å²) < 4.78 is 0. The lowest BCUT2D eigenvalue weighted by atomic mass is 10.0. The van der Waals surface area contributed by atoms with Gasteiger partial charge in [-0.3, -0.25) is 14.8 Å².